The molecule has 0 radical (unpaired) electrons. The van der Waals surface area contributed by atoms with Crippen LogP contribution in [0.2, 0.25) is 0 Å². The molecule has 0 saturated carbocycles. The zero-order valence-corrected chi connectivity index (χ0v) is 11.6. The van der Waals surface area contributed by atoms with E-state index in [9.17, 15) is 9.59 Å². The van der Waals surface area contributed by atoms with E-state index in [4.69, 9.17) is 5.11 Å². The van der Waals surface area contributed by atoms with Crippen molar-refractivity contribution < 1.29 is 14.7 Å². The number of aliphatic hydroxyl groups excluding tert-OH is 1. The summed E-state index contributed by atoms with van der Waals surface area (Å²) in [5, 5.41) is 9.46. The van der Waals surface area contributed by atoms with Gasteiger partial charge in [-0.1, -0.05) is 45.2 Å². The number of nitrogens with one attached hydrogen (secondary N) is 1. The van der Waals surface area contributed by atoms with Crippen LogP contribution in [-0.4, -0.2) is 31.0 Å². The molecule has 0 heterocycles. The summed E-state index contributed by atoms with van der Waals surface area (Å²) in [5.74, 6) is -0.131. The van der Waals surface area contributed by atoms with Crippen LogP contribution in [0.3, 0.4) is 0 Å². The lowest BCUT2D eigenvalue weighted by atomic mass is 10.1. The van der Waals surface area contributed by atoms with Crippen LogP contribution in [0.25, 0.3) is 0 Å². The Morgan fingerprint density at radius 1 is 1.22 bits per heavy atom. The molecule has 0 aliphatic rings. The molecule has 0 aromatic heterocycles. The molecular formula is C14H25NO3. The topological polar surface area (TPSA) is 66.4 Å². The summed E-state index contributed by atoms with van der Waals surface area (Å²) >= 11 is 0. The van der Waals surface area contributed by atoms with E-state index in [1.807, 2.05) is 13.8 Å². The quantitative estimate of drug-likeness (QED) is 0.540. The number of hydrogen-bond acceptors (Lipinski definition) is 3. The fourth-order valence-corrected chi connectivity index (χ4v) is 0.907. The Bertz CT molecular complexity index is 258. The minimum atomic E-state index is -0.131. The first-order valence-electron chi connectivity index (χ1n) is 5.83. The van der Waals surface area contributed by atoms with Crippen molar-refractivity contribution in [3.63, 3.8) is 0 Å². The second kappa shape index (κ2) is 20.7. The second-order valence-electron chi connectivity index (χ2n) is 2.65. The highest BCUT2D eigenvalue weighted by Gasteiger charge is 2.00. The van der Waals surface area contributed by atoms with Gasteiger partial charge in [0.1, 0.15) is 6.29 Å². The fourth-order valence-electron chi connectivity index (χ4n) is 0.907. The van der Waals surface area contributed by atoms with Crippen LogP contribution in [0.5, 0.6) is 0 Å². The summed E-state index contributed by atoms with van der Waals surface area (Å²) in [7, 11) is 1.00. The maximum atomic E-state index is 11.1. The van der Waals surface area contributed by atoms with E-state index in [0.29, 0.717) is 19.1 Å². The van der Waals surface area contributed by atoms with E-state index in [0.717, 1.165) is 12.7 Å². The van der Waals surface area contributed by atoms with E-state index in [-0.39, 0.29) is 12.5 Å². The van der Waals surface area contributed by atoms with Crippen molar-refractivity contribution >= 4 is 12.2 Å². The third kappa shape index (κ3) is 16.7. The minimum Gasteiger partial charge on any atom is -0.400 e. The normalized spacial score (nSPS) is 8.78. The van der Waals surface area contributed by atoms with Crippen molar-refractivity contribution in [2.24, 2.45) is 0 Å². The Morgan fingerprint density at radius 2 is 1.78 bits per heavy atom. The number of rotatable bonds is 7. The molecular weight excluding hydrogens is 230 g/mol. The number of aliphatic hydroxyl groups is 1. The summed E-state index contributed by atoms with van der Waals surface area (Å²) in [4.78, 5) is 21.0. The van der Waals surface area contributed by atoms with Gasteiger partial charge in [0, 0.05) is 13.5 Å². The van der Waals surface area contributed by atoms with Crippen molar-refractivity contribution in [1.29, 1.82) is 0 Å². The predicted octanol–water partition coefficient (Wildman–Crippen LogP) is 2.01. The highest BCUT2D eigenvalue weighted by Crippen LogP contribution is 2.05. The highest BCUT2D eigenvalue weighted by atomic mass is 16.2. The van der Waals surface area contributed by atoms with Crippen LogP contribution in [0.15, 0.2) is 37.0 Å². The first-order chi connectivity index (χ1) is 8.74. The van der Waals surface area contributed by atoms with Gasteiger partial charge in [-0.05, 0) is 12.0 Å². The lowest BCUT2D eigenvalue weighted by molar-refractivity contribution is -0.122. The zero-order chi connectivity index (χ0) is 14.8. The predicted molar refractivity (Wildman–Crippen MR) is 76.3 cm³/mol. The summed E-state index contributed by atoms with van der Waals surface area (Å²) in [5.41, 5.74) is 0.959. The molecule has 104 valence electrons. The molecule has 0 saturated heterocycles. The van der Waals surface area contributed by atoms with Gasteiger partial charge in [0.15, 0.2) is 0 Å². The maximum absolute atomic E-state index is 11.1. The third-order valence-electron chi connectivity index (χ3n) is 1.62. The SMILES string of the molecule is C=C/C=C(\C=C)CCC(=O)NCC=O.CC.CO. The third-order valence-corrected chi connectivity index (χ3v) is 1.62. The number of carbonyl (C=O) groups is 2. The zero-order valence-electron chi connectivity index (χ0n) is 11.6. The van der Waals surface area contributed by atoms with E-state index in [1.54, 1.807) is 18.2 Å². The molecule has 0 aromatic carbocycles. The molecule has 0 aliphatic carbocycles. The molecule has 0 unspecified atom stereocenters. The Kier molecular flexibility index (Phi) is 24.8. The van der Waals surface area contributed by atoms with Crippen molar-refractivity contribution in [2.45, 2.75) is 26.7 Å². The summed E-state index contributed by atoms with van der Waals surface area (Å²) in [6.07, 6.45) is 6.78. The van der Waals surface area contributed by atoms with Crippen LogP contribution in [-0.2, 0) is 9.59 Å². The van der Waals surface area contributed by atoms with E-state index in [1.165, 1.54) is 0 Å². The largest absolute Gasteiger partial charge is 0.400 e. The molecule has 0 fully saturated rings. The first-order valence-corrected chi connectivity index (χ1v) is 5.83. The molecule has 2 N–H and O–H groups in total. The van der Waals surface area contributed by atoms with E-state index < -0.39 is 0 Å². The maximum Gasteiger partial charge on any atom is 0.220 e. The van der Waals surface area contributed by atoms with Crippen LogP contribution in [0.4, 0.5) is 0 Å². The second-order valence-corrected chi connectivity index (χ2v) is 2.65. The highest BCUT2D eigenvalue weighted by molar-refractivity contribution is 5.78. The van der Waals surface area contributed by atoms with Gasteiger partial charge in [0.2, 0.25) is 5.91 Å². The summed E-state index contributed by atoms with van der Waals surface area (Å²) in [6.45, 7) is 11.2. The molecule has 1 amide bonds. The molecule has 0 aromatic rings. The van der Waals surface area contributed by atoms with Crippen LogP contribution in [0, 0.1) is 0 Å². The van der Waals surface area contributed by atoms with Crippen molar-refractivity contribution in [1.82, 2.24) is 5.32 Å². The smallest absolute Gasteiger partial charge is 0.220 e. The number of amides is 1. The number of aldehydes is 1. The van der Waals surface area contributed by atoms with Gasteiger partial charge in [0.25, 0.3) is 0 Å². The van der Waals surface area contributed by atoms with Gasteiger partial charge in [0.05, 0.1) is 6.54 Å². The summed E-state index contributed by atoms with van der Waals surface area (Å²) < 4.78 is 0. The molecule has 18 heavy (non-hydrogen) atoms. The standard InChI is InChI=1S/C11H15NO2.C2H6.CH4O/c1-3-5-10(4-2)6-7-11(14)12-8-9-13;2*1-2/h3-5,9H,1-2,6-8H2,(H,12,14);1-2H3;2H,1H3/b10-5+;;. The van der Waals surface area contributed by atoms with Crippen LogP contribution < -0.4 is 5.32 Å². The van der Waals surface area contributed by atoms with Crippen molar-refractivity contribution in [2.75, 3.05) is 13.7 Å². The van der Waals surface area contributed by atoms with E-state index >= 15 is 0 Å². The molecule has 0 spiro atoms. The average Bonchev–Trinajstić information content (AvgIpc) is 2.45. The van der Waals surface area contributed by atoms with Crippen molar-refractivity contribution in [3.05, 3.63) is 37.0 Å². The van der Waals surface area contributed by atoms with Gasteiger partial charge in [-0.2, -0.15) is 0 Å². The van der Waals surface area contributed by atoms with Crippen LogP contribution in [0.1, 0.15) is 26.7 Å². The lowest BCUT2D eigenvalue weighted by Crippen LogP contribution is -2.24. The molecule has 0 aliphatic heterocycles. The minimum absolute atomic E-state index is 0.0768. The van der Waals surface area contributed by atoms with Gasteiger partial charge in [-0.25, -0.2) is 0 Å². The van der Waals surface area contributed by atoms with Gasteiger partial charge in [-0.15, -0.1) is 0 Å². The fraction of sp³-hybridized carbons (Fsp3) is 0.429. The van der Waals surface area contributed by atoms with Crippen LogP contribution >= 0.6 is 0 Å². The molecule has 0 atom stereocenters. The average molecular weight is 255 g/mol. The molecule has 0 bridgehead atoms. The summed E-state index contributed by atoms with van der Waals surface area (Å²) in [6, 6.07) is 0. The van der Waals surface area contributed by atoms with Gasteiger partial charge < -0.3 is 15.2 Å². The van der Waals surface area contributed by atoms with Crippen molar-refractivity contribution in [3.8, 4) is 0 Å². The Hall–Kier alpha value is -1.68. The Labute approximate surface area is 110 Å². The van der Waals surface area contributed by atoms with E-state index in [2.05, 4.69) is 18.5 Å². The monoisotopic (exact) mass is 255 g/mol. The number of allylic oxidation sites excluding steroid dienone is 4. The molecule has 4 heteroatoms. The Balaban J connectivity index is -0.000000506. The van der Waals surface area contributed by atoms with Gasteiger partial charge in [-0.3, -0.25) is 4.79 Å². The number of hydrogen-bond donors (Lipinski definition) is 2. The molecule has 0 rings (SSSR count). The lowest BCUT2D eigenvalue weighted by Gasteiger charge is -2.01. The molecule has 4 nitrogen and oxygen atoms in total. The Morgan fingerprint density at radius 3 is 2.17 bits per heavy atom. The van der Waals surface area contributed by atoms with Gasteiger partial charge >= 0.3 is 0 Å². The first kappa shape index (κ1) is 21.6. The number of carbonyl (C=O) groups excluding carboxylic acids is 2.